The van der Waals surface area contributed by atoms with Gasteiger partial charge in [-0.15, -0.1) is 0 Å². The lowest BCUT2D eigenvalue weighted by Gasteiger charge is -2.47. The fourth-order valence-corrected chi connectivity index (χ4v) is 5.59. The zero-order valence-corrected chi connectivity index (χ0v) is 21.5. The number of H-pyrrole nitrogens is 1. The lowest BCUT2D eigenvalue weighted by Crippen LogP contribution is -2.56. The summed E-state index contributed by atoms with van der Waals surface area (Å²) in [5.41, 5.74) is 2.02. The highest BCUT2D eigenvalue weighted by atomic mass is 19.1. The number of nitrogens with zero attached hydrogens (tertiary/aromatic N) is 6. The van der Waals surface area contributed by atoms with Crippen molar-refractivity contribution < 1.29 is 13.9 Å². The van der Waals surface area contributed by atoms with E-state index in [-0.39, 0.29) is 23.3 Å². The minimum Gasteiger partial charge on any atom is -0.619 e. The average molecular weight is 517 g/mol. The van der Waals surface area contributed by atoms with Crippen LogP contribution in [0.3, 0.4) is 0 Å². The molecule has 38 heavy (non-hydrogen) atoms. The largest absolute Gasteiger partial charge is 0.619 e. The average Bonchev–Trinajstić information content (AvgIpc) is 3.35. The molecule has 2 N–H and O–H groups in total. The lowest BCUT2D eigenvalue weighted by atomic mass is 9.75. The molecule has 3 aromatic heterocycles. The summed E-state index contributed by atoms with van der Waals surface area (Å²) in [6, 6.07) is 6.08. The van der Waals surface area contributed by atoms with Crippen LogP contribution in [0.4, 0.5) is 33.2 Å². The van der Waals surface area contributed by atoms with Gasteiger partial charge in [0.2, 0.25) is 12.1 Å². The number of halogens is 1. The third-order valence-electron chi connectivity index (χ3n) is 7.71. The van der Waals surface area contributed by atoms with Gasteiger partial charge in [0, 0.05) is 23.2 Å². The van der Waals surface area contributed by atoms with Gasteiger partial charge in [-0.1, -0.05) is 13.8 Å². The Morgan fingerprint density at radius 3 is 2.79 bits per heavy atom. The molecule has 6 rings (SSSR count). The van der Waals surface area contributed by atoms with Crippen molar-refractivity contribution in [2.45, 2.75) is 58.5 Å². The Morgan fingerprint density at radius 2 is 2.03 bits per heavy atom. The number of rotatable bonds is 4. The topological polar surface area (TPSA) is 117 Å². The van der Waals surface area contributed by atoms with Gasteiger partial charge in [-0.25, -0.2) is 9.37 Å². The van der Waals surface area contributed by atoms with Crippen LogP contribution >= 0.6 is 0 Å². The van der Waals surface area contributed by atoms with Crippen LogP contribution in [-0.2, 0) is 4.79 Å². The molecule has 10 nitrogen and oxygen atoms in total. The highest BCUT2D eigenvalue weighted by Gasteiger charge is 2.43. The number of carbonyl (C=O) groups excluding carboxylic acids is 1. The summed E-state index contributed by atoms with van der Waals surface area (Å²) < 4.78 is 15.2. The number of hydrogen-bond donors (Lipinski definition) is 2. The second kappa shape index (κ2) is 8.93. The monoisotopic (exact) mass is 516 g/mol. The van der Waals surface area contributed by atoms with Gasteiger partial charge in [-0.2, -0.15) is 14.8 Å². The molecule has 1 aromatic carbocycles. The van der Waals surface area contributed by atoms with E-state index in [0.717, 1.165) is 25.7 Å². The number of anilines is 5. The number of hydrogen-bond acceptors (Lipinski definition) is 7. The van der Waals surface area contributed by atoms with Crippen molar-refractivity contribution in [1.29, 1.82) is 0 Å². The molecule has 0 spiro atoms. The predicted molar refractivity (Wildman–Crippen MR) is 142 cm³/mol. The standard InChI is InChI=1S/C27H29FN8O2/c1-16-25(37)36(20-5-4-10-34(38)15-20)22-14-29-26(31-18-11-17-13-30-33-23(17)21(28)12-18)32-24(22)35(16)19-6-8-27(2,3)9-7-19/h4-5,10-16,19H,6-9H2,1-3H3,(H,30,33)(H,29,31,32)/t16-/m1/s1. The second-order valence-electron chi connectivity index (χ2n) is 10.9. The SMILES string of the molecule is C[C@@H]1C(=O)N(c2ccc[n+]([O-])c2)c2cnc(Nc3cc(F)c4[nH]ncc4c3)nc2N1C1CCC(C)(C)CC1. The van der Waals surface area contributed by atoms with Crippen molar-refractivity contribution in [3.05, 3.63) is 60.1 Å². The van der Waals surface area contributed by atoms with Crippen molar-refractivity contribution in [3.63, 3.8) is 0 Å². The first-order valence-electron chi connectivity index (χ1n) is 12.8. The molecule has 1 saturated carbocycles. The molecule has 1 amide bonds. The van der Waals surface area contributed by atoms with Crippen LogP contribution in [0.25, 0.3) is 10.9 Å². The summed E-state index contributed by atoms with van der Waals surface area (Å²) in [5.74, 6) is 0.295. The van der Waals surface area contributed by atoms with E-state index in [1.807, 2.05) is 6.92 Å². The number of fused-ring (bicyclic) bond motifs is 2. The third kappa shape index (κ3) is 4.17. The molecule has 196 valence electrons. The van der Waals surface area contributed by atoms with Crippen LogP contribution in [0.5, 0.6) is 0 Å². The molecule has 1 fully saturated rings. The van der Waals surface area contributed by atoms with Gasteiger partial charge in [0.05, 0.1) is 12.4 Å². The summed E-state index contributed by atoms with van der Waals surface area (Å²) in [6.45, 7) is 6.43. The molecule has 1 atom stereocenters. The Bertz CT molecular complexity index is 1530. The number of carbonyl (C=O) groups is 1. The van der Waals surface area contributed by atoms with Gasteiger partial charge in [0.1, 0.15) is 22.9 Å². The number of aromatic nitrogens is 5. The summed E-state index contributed by atoms with van der Waals surface area (Å²) >= 11 is 0. The van der Waals surface area contributed by atoms with Crippen molar-refractivity contribution in [3.8, 4) is 0 Å². The van der Waals surface area contributed by atoms with Crippen LogP contribution in [0.1, 0.15) is 46.5 Å². The smallest absolute Gasteiger partial charge is 0.254 e. The molecule has 0 radical (unpaired) electrons. The van der Waals surface area contributed by atoms with Gasteiger partial charge < -0.3 is 15.4 Å². The van der Waals surface area contributed by atoms with Crippen LogP contribution in [-0.4, -0.2) is 38.2 Å². The molecule has 0 saturated heterocycles. The molecule has 2 aliphatic rings. The first kappa shape index (κ1) is 24.1. The highest BCUT2D eigenvalue weighted by Crippen LogP contribution is 2.44. The number of nitrogens with one attached hydrogen (secondary N) is 2. The minimum atomic E-state index is -0.503. The van der Waals surface area contributed by atoms with Crippen molar-refractivity contribution in [2.24, 2.45) is 5.41 Å². The molecule has 1 aliphatic carbocycles. The molecule has 4 aromatic rings. The van der Waals surface area contributed by atoms with E-state index >= 15 is 0 Å². The predicted octanol–water partition coefficient (Wildman–Crippen LogP) is 4.71. The zero-order chi connectivity index (χ0) is 26.6. The first-order chi connectivity index (χ1) is 18.2. The number of pyridine rings is 1. The number of amides is 1. The summed E-state index contributed by atoms with van der Waals surface area (Å²) in [7, 11) is 0. The van der Waals surface area contributed by atoms with Crippen LogP contribution in [0.15, 0.2) is 49.1 Å². The fraction of sp³-hybridized carbons (Fsp3) is 0.370. The quantitative estimate of drug-likeness (QED) is 0.298. The highest BCUT2D eigenvalue weighted by molar-refractivity contribution is 6.09. The molecule has 1 aliphatic heterocycles. The van der Waals surface area contributed by atoms with Gasteiger partial charge in [-0.05, 0) is 56.2 Å². The molecule has 0 bridgehead atoms. The zero-order valence-electron chi connectivity index (χ0n) is 21.5. The second-order valence-corrected chi connectivity index (χ2v) is 10.9. The first-order valence-corrected chi connectivity index (χ1v) is 12.8. The Morgan fingerprint density at radius 1 is 1.24 bits per heavy atom. The molecule has 11 heteroatoms. The maximum absolute atomic E-state index is 14.6. The van der Waals surface area contributed by atoms with E-state index in [1.54, 1.807) is 30.6 Å². The Labute approximate surface area is 219 Å². The Balaban J connectivity index is 1.43. The van der Waals surface area contributed by atoms with E-state index < -0.39 is 11.9 Å². The maximum Gasteiger partial charge on any atom is 0.254 e. The Hall–Kier alpha value is -4.28. The summed E-state index contributed by atoms with van der Waals surface area (Å²) in [5, 5.41) is 22.3. The van der Waals surface area contributed by atoms with E-state index in [9.17, 15) is 14.4 Å². The van der Waals surface area contributed by atoms with Gasteiger partial charge in [-0.3, -0.25) is 14.8 Å². The van der Waals surface area contributed by atoms with Gasteiger partial charge in [0.25, 0.3) is 5.91 Å². The Kier molecular flexibility index (Phi) is 5.66. The van der Waals surface area contributed by atoms with E-state index in [1.165, 1.54) is 23.4 Å². The van der Waals surface area contributed by atoms with E-state index in [0.29, 0.717) is 38.5 Å². The summed E-state index contributed by atoms with van der Waals surface area (Å²) in [4.78, 5) is 26.7. The molecular formula is C27H29FN8O2. The lowest BCUT2D eigenvalue weighted by molar-refractivity contribution is -0.604. The molecule has 0 unspecified atom stereocenters. The van der Waals surface area contributed by atoms with Crippen molar-refractivity contribution in [1.82, 2.24) is 20.2 Å². The van der Waals surface area contributed by atoms with E-state index in [2.05, 4.69) is 39.2 Å². The summed E-state index contributed by atoms with van der Waals surface area (Å²) in [6.07, 6.45) is 9.84. The number of aromatic amines is 1. The third-order valence-corrected chi connectivity index (χ3v) is 7.71. The van der Waals surface area contributed by atoms with Crippen molar-refractivity contribution in [2.75, 3.05) is 15.1 Å². The normalized spacial score (nSPS) is 19.6. The van der Waals surface area contributed by atoms with Crippen LogP contribution in [0, 0.1) is 16.4 Å². The van der Waals surface area contributed by atoms with E-state index in [4.69, 9.17) is 4.98 Å². The number of benzene rings is 1. The van der Waals surface area contributed by atoms with Gasteiger partial charge in [0.15, 0.2) is 17.8 Å². The van der Waals surface area contributed by atoms with Gasteiger partial charge >= 0.3 is 0 Å². The maximum atomic E-state index is 14.6. The molecule has 4 heterocycles. The minimum absolute atomic E-state index is 0.130. The van der Waals surface area contributed by atoms with Crippen LogP contribution < -0.4 is 19.8 Å². The molecular weight excluding hydrogens is 487 g/mol. The van der Waals surface area contributed by atoms with Crippen LogP contribution in [0.2, 0.25) is 0 Å². The van der Waals surface area contributed by atoms with Crippen molar-refractivity contribution >= 4 is 45.6 Å². The fourth-order valence-electron chi connectivity index (χ4n) is 5.59.